The summed E-state index contributed by atoms with van der Waals surface area (Å²) in [6.07, 6.45) is 8.31. The molecule has 5 rings (SSSR count). The molecule has 0 saturated heterocycles. The second kappa shape index (κ2) is 7.45. The van der Waals surface area contributed by atoms with Gasteiger partial charge in [0.25, 0.3) is 0 Å². The average molecular weight is 368 g/mol. The van der Waals surface area contributed by atoms with Crippen LogP contribution in [0.2, 0.25) is 0 Å². The summed E-state index contributed by atoms with van der Waals surface area (Å²) in [7, 11) is 0. The Kier molecular flexibility index (Phi) is 5.02. The molecule has 4 fully saturated rings. The molecule has 4 aliphatic rings. The van der Waals surface area contributed by atoms with Crippen LogP contribution in [0.3, 0.4) is 0 Å². The summed E-state index contributed by atoms with van der Waals surface area (Å²) < 4.78 is 0. The van der Waals surface area contributed by atoms with Gasteiger partial charge in [-0.1, -0.05) is 30.3 Å². The van der Waals surface area contributed by atoms with E-state index in [1.165, 1.54) is 38.5 Å². The smallest absolute Gasteiger partial charge is 0.238 e. The van der Waals surface area contributed by atoms with Gasteiger partial charge in [0.2, 0.25) is 11.8 Å². The number of benzene rings is 1. The Morgan fingerprint density at radius 1 is 0.815 bits per heavy atom. The van der Waals surface area contributed by atoms with E-state index in [4.69, 9.17) is 0 Å². The highest BCUT2D eigenvalue weighted by Gasteiger charge is 2.51. The molecule has 27 heavy (non-hydrogen) atoms. The Morgan fingerprint density at radius 3 is 1.96 bits per heavy atom. The van der Waals surface area contributed by atoms with E-state index in [0.29, 0.717) is 12.0 Å². The molecule has 5 nitrogen and oxygen atoms in total. The van der Waals surface area contributed by atoms with Crippen molar-refractivity contribution in [2.45, 2.75) is 57.8 Å². The summed E-state index contributed by atoms with van der Waals surface area (Å²) in [5.74, 6) is 1.94. The predicted octanol–water partition coefficient (Wildman–Crippen LogP) is 3.40. The van der Waals surface area contributed by atoms with E-state index in [2.05, 4.69) is 10.9 Å². The number of hydrogen-bond donors (Lipinski definition) is 2. The highest BCUT2D eigenvalue weighted by atomic mass is 16.2. The van der Waals surface area contributed by atoms with Crippen LogP contribution in [0.5, 0.6) is 0 Å². The average Bonchev–Trinajstić information content (AvgIpc) is 2.63. The van der Waals surface area contributed by atoms with Crippen molar-refractivity contribution < 1.29 is 14.4 Å². The molecule has 0 spiro atoms. The van der Waals surface area contributed by atoms with Crippen molar-refractivity contribution in [2.24, 2.45) is 23.2 Å². The molecular formula is C22H28N2O3. The summed E-state index contributed by atoms with van der Waals surface area (Å²) in [6.45, 7) is 0. The third-order valence-electron chi connectivity index (χ3n) is 6.72. The number of Topliss-reactive ketones (excluding diaryl/α,β-unsaturated/α-hetero) is 1. The molecule has 0 aromatic heterocycles. The second-order valence-electron chi connectivity index (χ2n) is 8.98. The molecule has 0 atom stereocenters. The summed E-state index contributed by atoms with van der Waals surface area (Å²) in [4.78, 5) is 36.4. The number of rotatable bonds is 6. The van der Waals surface area contributed by atoms with Gasteiger partial charge in [0.05, 0.1) is 0 Å². The molecule has 0 heterocycles. The first-order valence-electron chi connectivity index (χ1n) is 10.2. The number of ketones is 1. The summed E-state index contributed by atoms with van der Waals surface area (Å²) in [6, 6.07) is 8.94. The third-order valence-corrected chi connectivity index (χ3v) is 6.72. The Labute approximate surface area is 160 Å². The first-order valence-corrected chi connectivity index (χ1v) is 10.2. The zero-order valence-corrected chi connectivity index (χ0v) is 15.7. The minimum Gasteiger partial charge on any atom is -0.294 e. The number of amides is 2. The van der Waals surface area contributed by atoms with Gasteiger partial charge >= 0.3 is 0 Å². The highest BCUT2D eigenvalue weighted by molar-refractivity contribution is 5.98. The third kappa shape index (κ3) is 4.23. The lowest BCUT2D eigenvalue weighted by Crippen LogP contribution is -2.50. The fourth-order valence-corrected chi connectivity index (χ4v) is 6.09. The number of hydrogen-bond acceptors (Lipinski definition) is 3. The van der Waals surface area contributed by atoms with Gasteiger partial charge in [-0.15, -0.1) is 0 Å². The van der Waals surface area contributed by atoms with Crippen molar-refractivity contribution in [1.29, 1.82) is 0 Å². The van der Waals surface area contributed by atoms with Crippen LogP contribution in [0.1, 0.15) is 68.1 Å². The summed E-state index contributed by atoms with van der Waals surface area (Å²) >= 11 is 0. The Hall–Kier alpha value is -2.17. The van der Waals surface area contributed by atoms with Crippen molar-refractivity contribution in [3.05, 3.63) is 35.9 Å². The zero-order valence-electron chi connectivity index (χ0n) is 15.7. The van der Waals surface area contributed by atoms with E-state index in [9.17, 15) is 14.4 Å². The van der Waals surface area contributed by atoms with Crippen LogP contribution in [0.4, 0.5) is 0 Å². The maximum atomic E-state index is 12.4. The van der Waals surface area contributed by atoms with Gasteiger partial charge < -0.3 is 0 Å². The molecule has 1 aromatic carbocycles. The zero-order chi connectivity index (χ0) is 18.9. The van der Waals surface area contributed by atoms with Crippen LogP contribution in [-0.4, -0.2) is 17.6 Å². The quantitative estimate of drug-likeness (QED) is 0.597. The lowest BCUT2D eigenvalue weighted by molar-refractivity contribution is -0.134. The molecule has 0 radical (unpaired) electrons. The maximum Gasteiger partial charge on any atom is 0.238 e. The Balaban J connectivity index is 1.20. The normalized spacial score (nSPS) is 30.7. The van der Waals surface area contributed by atoms with E-state index >= 15 is 0 Å². The molecule has 4 saturated carbocycles. The molecule has 1 aromatic rings. The molecule has 2 amide bonds. The van der Waals surface area contributed by atoms with Gasteiger partial charge in [-0.25, -0.2) is 0 Å². The maximum absolute atomic E-state index is 12.4. The molecule has 144 valence electrons. The van der Waals surface area contributed by atoms with Gasteiger partial charge in [-0.3, -0.25) is 25.2 Å². The minimum absolute atomic E-state index is 0.0642. The molecule has 0 unspecified atom stereocenters. The van der Waals surface area contributed by atoms with E-state index in [0.717, 1.165) is 17.8 Å². The van der Waals surface area contributed by atoms with Crippen LogP contribution < -0.4 is 10.9 Å². The van der Waals surface area contributed by atoms with Gasteiger partial charge in [0.1, 0.15) is 0 Å². The number of nitrogens with one attached hydrogen (secondary N) is 2. The van der Waals surface area contributed by atoms with Crippen molar-refractivity contribution in [3.63, 3.8) is 0 Å². The van der Waals surface area contributed by atoms with Crippen molar-refractivity contribution in [2.75, 3.05) is 0 Å². The van der Waals surface area contributed by atoms with Crippen LogP contribution >= 0.6 is 0 Å². The summed E-state index contributed by atoms with van der Waals surface area (Å²) in [5.41, 5.74) is 5.82. The largest absolute Gasteiger partial charge is 0.294 e. The fraction of sp³-hybridized carbons (Fsp3) is 0.591. The van der Waals surface area contributed by atoms with Crippen LogP contribution in [0.15, 0.2) is 30.3 Å². The highest BCUT2D eigenvalue weighted by Crippen LogP contribution is 2.61. The lowest BCUT2D eigenvalue weighted by atomic mass is 9.49. The predicted molar refractivity (Wildman–Crippen MR) is 102 cm³/mol. The topological polar surface area (TPSA) is 75.3 Å². The minimum atomic E-state index is -0.321. The standard InChI is InChI=1S/C22H28N2O3/c25-19(18-4-2-1-3-5-18)6-7-20(26)23-24-21(27)14-22-11-15-8-16(12-22)10-17(9-15)13-22/h1-5,15-17H,6-14H2,(H,23,26)(H,24,27). The van der Waals surface area contributed by atoms with E-state index in [1.807, 2.05) is 6.07 Å². The number of hydrazine groups is 1. The first-order chi connectivity index (χ1) is 13.0. The van der Waals surface area contributed by atoms with Crippen molar-refractivity contribution in [1.82, 2.24) is 10.9 Å². The second-order valence-corrected chi connectivity index (χ2v) is 8.98. The molecular weight excluding hydrogens is 340 g/mol. The van der Waals surface area contributed by atoms with Gasteiger partial charge in [0, 0.05) is 24.8 Å². The fourth-order valence-electron chi connectivity index (χ4n) is 6.09. The SMILES string of the molecule is O=C(CCC(=O)c1ccccc1)NNC(=O)CC12CC3CC(CC(C3)C1)C2. The monoisotopic (exact) mass is 368 g/mol. The van der Waals surface area contributed by atoms with E-state index in [1.54, 1.807) is 24.3 Å². The van der Waals surface area contributed by atoms with Crippen LogP contribution in [0.25, 0.3) is 0 Å². The van der Waals surface area contributed by atoms with E-state index in [-0.39, 0.29) is 35.9 Å². The van der Waals surface area contributed by atoms with Gasteiger partial charge in [0.15, 0.2) is 5.78 Å². The van der Waals surface area contributed by atoms with Gasteiger partial charge in [-0.2, -0.15) is 0 Å². The first kappa shape index (κ1) is 18.2. The molecule has 0 aliphatic heterocycles. The van der Waals surface area contributed by atoms with Gasteiger partial charge in [-0.05, 0) is 61.7 Å². The van der Waals surface area contributed by atoms with Crippen LogP contribution in [-0.2, 0) is 9.59 Å². The lowest BCUT2D eigenvalue weighted by Gasteiger charge is -2.56. The van der Waals surface area contributed by atoms with Crippen molar-refractivity contribution >= 4 is 17.6 Å². The Morgan fingerprint density at radius 2 is 1.37 bits per heavy atom. The van der Waals surface area contributed by atoms with E-state index < -0.39 is 0 Å². The van der Waals surface area contributed by atoms with Crippen molar-refractivity contribution in [3.8, 4) is 0 Å². The number of carbonyl (C=O) groups is 3. The number of carbonyl (C=O) groups excluding carboxylic acids is 3. The molecule has 4 aliphatic carbocycles. The Bertz CT molecular complexity index is 693. The molecule has 2 N–H and O–H groups in total. The molecule has 5 heteroatoms. The summed E-state index contributed by atoms with van der Waals surface area (Å²) in [5, 5.41) is 0. The van der Waals surface area contributed by atoms with Crippen LogP contribution in [0, 0.1) is 23.2 Å². The molecule has 4 bridgehead atoms.